The van der Waals surface area contributed by atoms with Gasteiger partial charge < -0.3 is 5.32 Å². The summed E-state index contributed by atoms with van der Waals surface area (Å²) < 4.78 is 27.4. The number of anilines is 1. The molecule has 0 fully saturated rings. The first-order valence-electron chi connectivity index (χ1n) is 8.67. The number of amides is 1. The Hall–Kier alpha value is -2.23. The van der Waals surface area contributed by atoms with Gasteiger partial charge in [-0.1, -0.05) is 41.7 Å². The molecule has 148 valence electrons. The zero-order chi connectivity index (χ0) is 20.4. The van der Waals surface area contributed by atoms with Crippen molar-refractivity contribution < 1.29 is 13.6 Å². The molecule has 0 aliphatic carbocycles. The lowest BCUT2D eigenvalue weighted by Gasteiger charge is -2.16. The molecule has 1 unspecified atom stereocenters. The predicted molar refractivity (Wildman–Crippen MR) is 118 cm³/mol. The van der Waals surface area contributed by atoms with Gasteiger partial charge in [0.1, 0.15) is 4.38 Å². The smallest absolute Gasteiger partial charge is 0.239 e. The number of para-hydroxylation sites is 1. The van der Waals surface area contributed by atoms with Crippen molar-refractivity contribution in [3.63, 3.8) is 0 Å². The van der Waals surface area contributed by atoms with Crippen molar-refractivity contribution in [1.82, 2.24) is 4.98 Å². The second kappa shape index (κ2) is 8.64. The van der Waals surface area contributed by atoms with E-state index in [1.807, 2.05) is 25.1 Å². The van der Waals surface area contributed by atoms with E-state index in [9.17, 15) is 13.6 Å². The number of thioether (sulfide) groups is 2. The molecule has 0 saturated heterocycles. The van der Waals surface area contributed by atoms with Gasteiger partial charge in [0.15, 0.2) is 16.8 Å². The van der Waals surface area contributed by atoms with Crippen LogP contribution in [0.3, 0.4) is 0 Å². The number of halogens is 2. The van der Waals surface area contributed by atoms with Gasteiger partial charge in [-0.05, 0) is 36.8 Å². The molecule has 9 heteroatoms. The number of nitrogens with one attached hydrogen (secondary N) is 1. The first-order valence-corrected chi connectivity index (χ1v) is 11.4. The quantitative estimate of drug-likeness (QED) is 0.526. The molecule has 0 saturated carbocycles. The monoisotopic (exact) mass is 447 g/mol. The SMILES string of the molecule is CC(SC1=Nc2ccccc2CS1)C(=O)Nc1nc(-c2ccc(F)c(F)c2)cs1. The molecule has 4 rings (SSSR count). The predicted octanol–water partition coefficient (Wildman–Crippen LogP) is 6.08. The molecule has 1 amide bonds. The van der Waals surface area contributed by atoms with Gasteiger partial charge in [0.2, 0.25) is 5.91 Å². The molecule has 29 heavy (non-hydrogen) atoms. The van der Waals surface area contributed by atoms with E-state index in [4.69, 9.17) is 0 Å². The summed E-state index contributed by atoms with van der Waals surface area (Å²) in [5.74, 6) is -1.20. The Bertz CT molecular complexity index is 1100. The van der Waals surface area contributed by atoms with Crippen molar-refractivity contribution in [2.75, 3.05) is 5.32 Å². The van der Waals surface area contributed by atoms with E-state index < -0.39 is 11.6 Å². The Balaban J connectivity index is 1.40. The summed E-state index contributed by atoms with van der Waals surface area (Å²) in [6.07, 6.45) is 0. The summed E-state index contributed by atoms with van der Waals surface area (Å²) in [5, 5.41) is 4.52. The maximum absolute atomic E-state index is 13.4. The van der Waals surface area contributed by atoms with E-state index in [0.717, 1.165) is 27.9 Å². The Kier molecular flexibility index (Phi) is 5.98. The van der Waals surface area contributed by atoms with Crippen LogP contribution >= 0.6 is 34.9 Å². The minimum Gasteiger partial charge on any atom is -0.301 e. The molecule has 1 aromatic heterocycles. The third-order valence-electron chi connectivity index (χ3n) is 4.15. The van der Waals surface area contributed by atoms with Crippen LogP contribution in [0.5, 0.6) is 0 Å². The Morgan fingerprint density at radius 2 is 2.03 bits per heavy atom. The number of fused-ring (bicyclic) bond motifs is 1. The van der Waals surface area contributed by atoms with Crippen LogP contribution in [0.1, 0.15) is 12.5 Å². The van der Waals surface area contributed by atoms with Crippen LogP contribution in [-0.4, -0.2) is 20.5 Å². The molecule has 1 atom stereocenters. The molecular formula is C20H15F2N3OS3. The second-order valence-corrected chi connectivity index (χ2v) is 9.62. The highest BCUT2D eigenvalue weighted by molar-refractivity contribution is 8.39. The fourth-order valence-electron chi connectivity index (χ4n) is 2.60. The third-order valence-corrected chi connectivity index (χ3v) is 7.21. The fraction of sp³-hybridized carbons (Fsp3) is 0.150. The van der Waals surface area contributed by atoms with Gasteiger partial charge in [-0.3, -0.25) is 4.79 Å². The van der Waals surface area contributed by atoms with Crippen LogP contribution in [0.15, 0.2) is 52.8 Å². The Labute approximate surface area is 178 Å². The lowest BCUT2D eigenvalue weighted by atomic mass is 10.2. The second-order valence-electron chi connectivity index (χ2n) is 6.21. The number of carbonyl (C=O) groups is 1. The van der Waals surface area contributed by atoms with E-state index in [1.54, 1.807) is 17.1 Å². The van der Waals surface area contributed by atoms with Gasteiger partial charge in [0, 0.05) is 16.7 Å². The van der Waals surface area contributed by atoms with Gasteiger partial charge >= 0.3 is 0 Å². The van der Waals surface area contributed by atoms with Gasteiger partial charge in [-0.15, -0.1) is 11.3 Å². The number of hydrogen-bond donors (Lipinski definition) is 1. The van der Waals surface area contributed by atoms with Crippen molar-refractivity contribution in [2.24, 2.45) is 4.99 Å². The third kappa shape index (κ3) is 4.68. The van der Waals surface area contributed by atoms with Crippen LogP contribution in [0.25, 0.3) is 11.3 Å². The highest BCUT2D eigenvalue weighted by atomic mass is 32.2. The van der Waals surface area contributed by atoms with Crippen molar-refractivity contribution in [2.45, 2.75) is 17.9 Å². The molecule has 4 nitrogen and oxygen atoms in total. The van der Waals surface area contributed by atoms with E-state index in [0.29, 0.717) is 16.4 Å². The highest BCUT2D eigenvalue weighted by Crippen LogP contribution is 2.36. The molecule has 1 N–H and O–H groups in total. The summed E-state index contributed by atoms with van der Waals surface area (Å²) in [7, 11) is 0. The average Bonchev–Trinajstić information content (AvgIpc) is 3.18. The maximum Gasteiger partial charge on any atom is 0.239 e. The number of nitrogens with zero attached hydrogens (tertiary/aromatic N) is 2. The number of rotatable bonds is 4. The molecule has 1 aliphatic rings. The van der Waals surface area contributed by atoms with Crippen LogP contribution in [0.4, 0.5) is 19.6 Å². The molecule has 2 heterocycles. The van der Waals surface area contributed by atoms with Crippen molar-refractivity contribution in [3.05, 3.63) is 65.0 Å². The zero-order valence-electron chi connectivity index (χ0n) is 15.2. The zero-order valence-corrected chi connectivity index (χ0v) is 17.6. The number of aromatic nitrogens is 1. The topological polar surface area (TPSA) is 54.4 Å². The molecule has 2 aromatic carbocycles. The number of benzene rings is 2. The van der Waals surface area contributed by atoms with E-state index in [1.165, 1.54) is 34.7 Å². The van der Waals surface area contributed by atoms with Crippen LogP contribution in [0, 0.1) is 11.6 Å². The highest BCUT2D eigenvalue weighted by Gasteiger charge is 2.21. The average molecular weight is 448 g/mol. The number of thiazole rings is 1. The summed E-state index contributed by atoms with van der Waals surface area (Å²) in [4.78, 5) is 21.5. The lowest BCUT2D eigenvalue weighted by Crippen LogP contribution is -2.23. The molecule has 0 spiro atoms. The minimum atomic E-state index is -0.932. The van der Waals surface area contributed by atoms with Crippen LogP contribution < -0.4 is 5.32 Å². The summed E-state index contributed by atoms with van der Waals surface area (Å²) in [6.45, 7) is 1.81. The Morgan fingerprint density at radius 1 is 1.21 bits per heavy atom. The standard InChI is InChI=1S/C20H15F2N3OS3/c1-11(29-20-24-16-5-3-2-4-13(16)9-28-20)18(26)25-19-23-17(10-27-19)12-6-7-14(21)15(22)8-12/h2-8,10-11H,9H2,1H3,(H,23,25,26). The normalized spacial score (nSPS) is 14.1. The molecule has 0 bridgehead atoms. The van der Waals surface area contributed by atoms with E-state index in [2.05, 4.69) is 21.4 Å². The van der Waals surface area contributed by atoms with Gasteiger partial charge in [-0.25, -0.2) is 18.8 Å². The molecule has 3 aromatic rings. The lowest BCUT2D eigenvalue weighted by molar-refractivity contribution is -0.115. The number of carbonyl (C=O) groups excluding carboxylic acids is 1. The summed E-state index contributed by atoms with van der Waals surface area (Å²) in [5.41, 5.74) is 3.06. The van der Waals surface area contributed by atoms with Crippen molar-refractivity contribution in [3.8, 4) is 11.3 Å². The molecule has 1 aliphatic heterocycles. The number of aliphatic imine (C=N–C) groups is 1. The van der Waals surface area contributed by atoms with Gasteiger partial charge in [-0.2, -0.15) is 0 Å². The largest absolute Gasteiger partial charge is 0.301 e. The van der Waals surface area contributed by atoms with Gasteiger partial charge in [0.05, 0.1) is 16.6 Å². The minimum absolute atomic E-state index is 0.191. The Morgan fingerprint density at radius 3 is 2.86 bits per heavy atom. The van der Waals surface area contributed by atoms with Gasteiger partial charge in [0.25, 0.3) is 0 Å². The first kappa shape index (κ1) is 20.1. The fourth-order valence-corrected chi connectivity index (χ4v) is 5.51. The number of hydrogen-bond acceptors (Lipinski definition) is 6. The molecule has 0 radical (unpaired) electrons. The van der Waals surface area contributed by atoms with Crippen LogP contribution in [0.2, 0.25) is 0 Å². The van der Waals surface area contributed by atoms with Crippen LogP contribution in [-0.2, 0) is 10.5 Å². The molecular weight excluding hydrogens is 432 g/mol. The van der Waals surface area contributed by atoms with E-state index in [-0.39, 0.29) is 11.2 Å². The van der Waals surface area contributed by atoms with E-state index >= 15 is 0 Å². The maximum atomic E-state index is 13.4. The summed E-state index contributed by atoms with van der Waals surface area (Å²) >= 11 is 4.25. The van der Waals surface area contributed by atoms with Crippen molar-refractivity contribution in [1.29, 1.82) is 0 Å². The summed E-state index contributed by atoms with van der Waals surface area (Å²) in [6, 6.07) is 11.6. The van der Waals surface area contributed by atoms with Crippen molar-refractivity contribution >= 4 is 56.0 Å². The first-order chi connectivity index (χ1) is 14.0.